The number of rotatable bonds is 8. The highest BCUT2D eigenvalue weighted by Crippen LogP contribution is 2.25. The van der Waals surface area contributed by atoms with E-state index in [1.165, 1.54) is 0 Å². The van der Waals surface area contributed by atoms with Crippen molar-refractivity contribution in [2.45, 2.75) is 46.0 Å². The highest BCUT2D eigenvalue weighted by Gasteiger charge is 2.16. The molecule has 1 aliphatic heterocycles. The fourth-order valence-electron chi connectivity index (χ4n) is 3.09. The van der Waals surface area contributed by atoms with Gasteiger partial charge < -0.3 is 10.6 Å². The van der Waals surface area contributed by atoms with Crippen LogP contribution in [0.3, 0.4) is 0 Å². The smallest absolute Gasteiger partial charge is 0.232 e. The number of piperidine rings is 1. The van der Waals surface area contributed by atoms with E-state index in [0.29, 0.717) is 30.1 Å². The lowest BCUT2D eigenvalue weighted by molar-refractivity contribution is -0.116. The normalized spacial score (nSPS) is 15.2. The molecule has 8 heteroatoms. The third-order valence-electron chi connectivity index (χ3n) is 4.58. The Balaban J connectivity index is 0.00000338. The Labute approximate surface area is 163 Å². The first-order valence-electron chi connectivity index (χ1n) is 9.02. The molecule has 0 saturated carbocycles. The molecule has 0 atom stereocenters. The number of amides is 1. The van der Waals surface area contributed by atoms with E-state index in [-0.39, 0.29) is 24.1 Å². The summed E-state index contributed by atoms with van der Waals surface area (Å²) in [6.07, 6.45) is 4.20. The summed E-state index contributed by atoms with van der Waals surface area (Å²) in [6, 6.07) is 5.27. The van der Waals surface area contributed by atoms with Crippen LogP contribution in [0.1, 0.15) is 44.6 Å². The van der Waals surface area contributed by atoms with Crippen LogP contribution >= 0.6 is 12.4 Å². The topological polar surface area (TPSA) is 87.3 Å². The molecule has 1 amide bonds. The number of carbonyl (C=O) groups is 1. The number of hydrogen-bond donors (Lipinski definition) is 3. The van der Waals surface area contributed by atoms with Gasteiger partial charge in [0.15, 0.2) is 0 Å². The molecule has 1 aromatic rings. The molecule has 3 N–H and O–H groups in total. The molecule has 0 aliphatic carbocycles. The lowest BCUT2D eigenvalue weighted by Gasteiger charge is -2.22. The SMILES string of the molecule is CCCS(=O)(=O)Nc1cccc(NC(=O)CCC2CCNCC2)c1C.Cl. The molecular weight excluding hydrogens is 374 g/mol. The van der Waals surface area contributed by atoms with Gasteiger partial charge in [-0.1, -0.05) is 13.0 Å². The van der Waals surface area contributed by atoms with E-state index in [9.17, 15) is 13.2 Å². The molecule has 1 heterocycles. The first-order chi connectivity index (χ1) is 11.9. The maximum absolute atomic E-state index is 12.2. The highest BCUT2D eigenvalue weighted by molar-refractivity contribution is 7.92. The van der Waals surface area contributed by atoms with E-state index in [4.69, 9.17) is 0 Å². The predicted molar refractivity (Wildman–Crippen MR) is 110 cm³/mol. The van der Waals surface area contributed by atoms with Gasteiger partial charge in [0.25, 0.3) is 0 Å². The van der Waals surface area contributed by atoms with Gasteiger partial charge in [-0.2, -0.15) is 0 Å². The van der Waals surface area contributed by atoms with Crippen molar-refractivity contribution >= 4 is 39.7 Å². The summed E-state index contributed by atoms with van der Waals surface area (Å²) in [5.41, 5.74) is 1.91. The quantitative estimate of drug-likeness (QED) is 0.621. The van der Waals surface area contributed by atoms with Crippen LogP contribution in [0.2, 0.25) is 0 Å². The second-order valence-electron chi connectivity index (χ2n) is 6.68. The molecule has 1 aliphatic rings. The molecule has 0 bridgehead atoms. The van der Waals surface area contributed by atoms with E-state index in [2.05, 4.69) is 15.4 Å². The number of hydrogen-bond acceptors (Lipinski definition) is 4. The van der Waals surface area contributed by atoms with Gasteiger partial charge >= 0.3 is 0 Å². The van der Waals surface area contributed by atoms with E-state index >= 15 is 0 Å². The molecule has 1 saturated heterocycles. The molecule has 0 spiro atoms. The molecule has 2 rings (SSSR count). The van der Waals surface area contributed by atoms with Gasteiger partial charge in [0.1, 0.15) is 0 Å². The van der Waals surface area contributed by atoms with E-state index in [1.807, 2.05) is 13.8 Å². The number of sulfonamides is 1. The summed E-state index contributed by atoms with van der Waals surface area (Å²) >= 11 is 0. The monoisotopic (exact) mass is 403 g/mol. The van der Waals surface area contributed by atoms with Gasteiger partial charge in [0.2, 0.25) is 15.9 Å². The molecule has 0 unspecified atom stereocenters. The summed E-state index contributed by atoms with van der Waals surface area (Å²) in [5.74, 6) is 0.676. The Hall–Kier alpha value is -1.31. The Morgan fingerprint density at radius 3 is 2.54 bits per heavy atom. The van der Waals surface area contributed by atoms with E-state index in [0.717, 1.165) is 37.9 Å². The van der Waals surface area contributed by atoms with Crippen molar-refractivity contribution in [2.24, 2.45) is 5.92 Å². The maximum atomic E-state index is 12.2. The zero-order valence-corrected chi connectivity index (χ0v) is 17.1. The minimum absolute atomic E-state index is 0. The zero-order valence-electron chi connectivity index (χ0n) is 15.5. The number of carbonyl (C=O) groups excluding carboxylic acids is 1. The van der Waals surface area contributed by atoms with Gasteiger partial charge in [-0.15, -0.1) is 12.4 Å². The van der Waals surface area contributed by atoms with Crippen molar-refractivity contribution in [2.75, 3.05) is 28.9 Å². The molecule has 6 nitrogen and oxygen atoms in total. The van der Waals surface area contributed by atoms with Crippen LogP contribution in [0.5, 0.6) is 0 Å². The Bertz CT molecular complexity index is 689. The third-order valence-corrected chi connectivity index (χ3v) is 6.06. The van der Waals surface area contributed by atoms with Gasteiger partial charge in [0.05, 0.1) is 11.4 Å². The predicted octanol–water partition coefficient (Wildman–Crippen LogP) is 3.29. The Morgan fingerprint density at radius 2 is 1.88 bits per heavy atom. The average Bonchev–Trinajstić information content (AvgIpc) is 2.57. The summed E-state index contributed by atoms with van der Waals surface area (Å²) in [5, 5.41) is 6.25. The van der Waals surface area contributed by atoms with Crippen molar-refractivity contribution in [3.63, 3.8) is 0 Å². The second kappa shape index (κ2) is 10.7. The third kappa shape index (κ3) is 7.13. The molecule has 0 aromatic heterocycles. The van der Waals surface area contributed by atoms with Crippen LogP contribution in [0.4, 0.5) is 11.4 Å². The largest absolute Gasteiger partial charge is 0.326 e. The molecule has 148 valence electrons. The average molecular weight is 404 g/mol. The number of nitrogens with one attached hydrogen (secondary N) is 3. The summed E-state index contributed by atoms with van der Waals surface area (Å²) in [7, 11) is -3.35. The maximum Gasteiger partial charge on any atom is 0.232 e. The highest BCUT2D eigenvalue weighted by atomic mass is 35.5. The van der Waals surface area contributed by atoms with E-state index in [1.54, 1.807) is 18.2 Å². The Morgan fingerprint density at radius 1 is 1.23 bits per heavy atom. The number of benzene rings is 1. The van der Waals surface area contributed by atoms with E-state index < -0.39 is 10.0 Å². The van der Waals surface area contributed by atoms with Crippen LogP contribution < -0.4 is 15.4 Å². The zero-order chi connectivity index (χ0) is 18.3. The van der Waals surface area contributed by atoms with Crippen molar-refractivity contribution in [1.82, 2.24) is 5.32 Å². The van der Waals surface area contributed by atoms with Crippen LogP contribution in [0, 0.1) is 12.8 Å². The van der Waals surface area contributed by atoms with Crippen molar-refractivity contribution in [3.8, 4) is 0 Å². The van der Waals surface area contributed by atoms with Crippen molar-refractivity contribution in [1.29, 1.82) is 0 Å². The first-order valence-corrected chi connectivity index (χ1v) is 10.7. The molecule has 0 radical (unpaired) electrons. The lowest BCUT2D eigenvalue weighted by atomic mass is 9.93. The first kappa shape index (κ1) is 22.7. The number of anilines is 2. The summed E-state index contributed by atoms with van der Waals surface area (Å²) < 4.78 is 26.5. The van der Waals surface area contributed by atoms with Crippen LogP contribution in [0.15, 0.2) is 18.2 Å². The van der Waals surface area contributed by atoms with Crippen LogP contribution in [-0.2, 0) is 14.8 Å². The van der Waals surface area contributed by atoms with Gasteiger partial charge in [-0.3, -0.25) is 9.52 Å². The molecule has 1 fully saturated rings. The van der Waals surface area contributed by atoms with Gasteiger partial charge in [0, 0.05) is 12.1 Å². The molecule has 1 aromatic carbocycles. The fourth-order valence-corrected chi connectivity index (χ4v) is 4.28. The fraction of sp³-hybridized carbons (Fsp3) is 0.611. The molecular formula is C18H30ClN3O3S. The second-order valence-corrected chi connectivity index (χ2v) is 8.52. The Kier molecular flexibility index (Phi) is 9.39. The number of halogens is 1. The summed E-state index contributed by atoms with van der Waals surface area (Å²) in [4.78, 5) is 12.2. The standard InChI is InChI=1S/C18H29N3O3S.ClH/c1-3-13-25(23,24)21-17-6-4-5-16(14(17)2)20-18(22)8-7-15-9-11-19-12-10-15;/h4-6,15,19,21H,3,7-13H2,1-2H3,(H,20,22);1H. The van der Waals surface area contributed by atoms with Crippen molar-refractivity contribution in [3.05, 3.63) is 23.8 Å². The minimum atomic E-state index is -3.35. The minimum Gasteiger partial charge on any atom is -0.326 e. The summed E-state index contributed by atoms with van der Waals surface area (Å²) in [6.45, 7) is 5.70. The van der Waals surface area contributed by atoms with Crippen LogP contribution in [0.25, 0.3) is 0 Å². The van der Waals surface area contributed by atoms with Gasteiger partial charge in [-0.05, 0) is 69.3 Å². The molecule has 26 heavy (non-hydrogen) atoms. The lowest BCUT2D eigenvalue weighted by Crippen LogP contribution is -2.28. The van der Waals surface area contributed by atoms with Crippen LogP contribution in [-0.4, -0.2) is 33.2 Å². The van der Waals surface area contributed by atoms with Crippen molar-refractivity contribution < 1.29 is 13.2 Å². The van der Waals surface area contributed by atoms with Gasteiger partial charge in [-0.25, -0.2) is 8.42 Å².